The number of anilines is 1. The van der Waals surface area contributed by atoms with Gasteiger partial charge in [0.1, 0.15) is 0 Å². The molecule has 1 heterocycles. The molecule has 1 unspecified atom stereocenters. The van der Waals surface area contributed by atoms with Crippen LogP contribution in [0.5, 0.6) is 0 Å². The summed E-state index contributed by atoms with van der Waals surface area (Å²) in [6.07, 6.45) is -0.981. The van der Waals surface area contributed by atoms with Gasteiger partial charge in [0.2, 0.25) is 0 Å². The number of hydrogen-bond acceptors (Lipinski definition) is 5. The Kier molecular flexibility index (Phi) is 6.96. The molecule has 0 aliphatic heterocycles. The van der Waals surface area contributed by atoms with Gasteiger partial charge >= 0.3 is 5.97 Å². The minimum atomic E-state index is -0.981. The van der Waals surface area contributed by atoms with Crippen molar-refractivity contribution in [2.24, 2.45) is 0 Å². The zero-order valence-corrected chi connectivity index (χ0v) is 21.4. The van der Waals surface area contributed by atoms with Gasteiger partial charge in [0.15, 0.2) is 6.10 Å². The van der Waals surface area contributed by atoms with E-state index in [2.05, 4.69) is 5.32 Å². The number of nitrogens with zero attached hydrogens (tertiary/aromatic N) is 2. The van der Waals surface area contributed by atoms with E-state index in [0.29, 0.717) is 22.3 Å². The van der Waals surface area contributed by atoms with Crippen molar-refractivity contribution >= 4 is 28.6 Å². The quantitative estimate of drug-likeness (QED) is 0.260. The molecule has 188 valence electrons. The fourth-order valence-corrected chi connectivity index (χ4v) is 4.35. The first-order valence-electron chi connectivity index (χ1n) is 12.4. The fraction of sp³-hybridized carbons (Fsp3) is 0.125. The lowest BCUT2D eigenvalue weighted by Crippen LogP contribution is -2.30. The molecule has 0 saturated heterocycles. The number of benzene rings is 4. The second-order valence-corrected chi connectivity index (χ2v) is 9.27. The van der Waals surface area contributed by atoms with Crippen LogP contribution in [-0.2, 0) is 9.53 Å². The molecule has 0 fully saturated rings. The Morgan fingerprint density at radius 1 is 0.711 bits per heavy atom. The average molecular weight is 502 g/mol. The maximum Gasteiger partial charge on any atom is 0.338 e. The summed E-state index contributed by atoms with van der Waals surface area (Å²) in [5.74, 6) is -1.01. The van der Waals surface area contributed by atoms with Gasteiger partial charge in [-0.25, -0.2) is 14.8 Å². The van der Waals surface area contributed by atoms with Crippen LogP contribution in [0.4, 0.5) is 5.69 Å². The van der Waals surface area contributed by atoms with Crippen molar-refractivity contribution in [2.75, 3.05) is 5.32 Å². The molecule has 1 amide bonds. The zero-order chi connectivity index (χ0) is 26.6. The highest BCUT2D eigenvalue weighted by Crippen LogP contribution is 2.31. The summed E-state index contributed by atoms with van der Waals surface area (Å²) < 4.78 is 5.49. The first-order valence-corrected chi connectivity index (χ1v) is 12.4. The minimum Gasteiger partial charge on any atom is -0.449 e. The molecule has 1 atom stereocenters. The highest BCUT2D eigenvalue weighted by molar-refractivity contribution is 5.99. The number of ether oxygens (including phenoxy) is 1. The molecule has 0 aliphatic rings. The molecule has 5 rings (SSSR count). The van der Waals surface area contributed by atoms with Gasteiger partial charge in [0.25, 0.3) is 5.91 Å². The van der Waals surface area contributed by atoms with E-state index in [1.165, 1.54) is 0 Å². The van der Waals surface area contributed by atoms with Gasteiger partial charge in [-0.15, -0.1) is 0 Å². The number of hydrogen-bond donors (Lipinski definition) is 1. The highest BCUT2D eigenvalue weighted by atomic mass is 16.5. The maximum atomic E-state index is 13.0. The van der Waals surface area contributed by atoms with Gasteiger partial charge in [-0.2, -0.15) is 0 Å². The summed E-state index contributed by atoms with van der Waals surface area (Å²) in [5, 5.41) is 2.82. The molecule has 0 saturated carbocycles. The predicted octanol–water partition coefficient (Wildman–Crippen LogP) is 6.76. The number of esters is 1. The predicted molar refractivity (Wildman–Crippen MR) is 150 cm³/mol. The number of rotatable bonds is 6. The van der Waals surface area contributed by atoms with Gasteiger partial charge in [-0.05, 0) is 62.2 Å². The Morgan fingerprint density at radius 2 is 1.26 bits per heavy atom. The standard InChI is InChI=1S/C32H27N3O3/c1-20-16-21(2)18-26(17-20)33-31(36)22(3)38-32(37)25-14-15-27-28(19-25)35-30(24-12-8-5-9-13-24)29(34-27)23-10-6-4-7-11-23/h4-19,22H,1-3H3,(H,33,36). The number of carbonyl (C=O) groups excluding carboxylic acids is 2. The van der Waals surface area contributed by atoms with E-state index < -0.39 is 18.0 Å². The zero-order valence-electron chi connectivity index (χ0n) is 21.4. The third-order valence-electron chi connectivity index (χ3n) is 6.14. The fourth-order valence-electron chi connectivity index (χ4n) is 4.35. The lowest BCUT2D eigenvalue weighted by atomic mass is 10.0. The first kappa shape index (κ1) is 24.8. The molecule has 0 radical (unpaired) electrons. The van der Waals surface area contributed by atoms with Crippen molar-refractivity contribution in [3.8, 4) is 22.5 Å². The molecule has 0 spiro atoms. The molecule has 4 aromatic carbocycles. The number of nitrogens with one attached hydrogen (secondary N) is 1. The minimum absolute atomic E-state index is 0.296. The van der Waals surface area contributed by atoms with E-state index in [9.17, 15) is 9.59 Å². The summed E-state index contributed by atoms with van der Waals surface area (Å²) in [4.78, 5) is 35.4. The third-order valence-corrected chi connectivity index (χ3v) is 6.14. The van der Waals surface area contributed by atoms with E-state index in [-0.39, 0.29) is 0 Å². The summed E-state index contributed by atoms with van der Waals surface area (Å²) in [7, 11) is 0. The van der Waals surface area contributed by atoms with Crippen LogP contribution in [0.15, 0.2) is 97.1 Å². The molecular formula is C32H27N3O3. The molecular weight excluding hydrogens is 474 g/mol. The van der Waals surface area contributed by atoms with Crippen LogP contribution in [-0.4, -0.2) is 27.9 Å². The largest absolute Gasteiger partial charge is 0.449 e. The van der Waals surface area contributed by atoms with Crippen LogP contribution in [0, 0.1) is 13.8 Å². The Labute approximate surface area is 221 Å². The molecule has 38 heavy (non-hydrogen) atoms. The Morgan fingerprint density at radius 3 is 1.84 bits per heavy atom. The van der Waals surface area contributed by atoms with Crippen molar-refractivity contribution in [2.45, 2.75) is 26.9 Å². The Balaban J connectivity index is 1.42. The third kappa shape index (κ3) is 5.44. The number of fused-ring (bicyclic) bond motifs is 1. The Hall–Kier alpha value is -4.84. The first-order chi connectivity index (χ1) is 18.4. The van der Waals surface area contributed by atoms with Gasteiger partial charge in [-0.3, -0.25) is 4.79 Å². The summed E-state index contributed by atoms with van der Waals surface area (Å²) in [6, 6.07) is 30.5. The normalized spacial score (nSPS) is 11.7. The van der Waals surface area contributed by atoms with Gasteiger partial charge in [0, 0.05) is 16.8 Å². The summed E-state index contributed by atoms with van der Waals surface area (Å²) in [6.45, 7) is 5.47. The molecule has 0 aliphatic carbocycles. The van der Waals surface area contributed by atoms with Crippen LogP contribution in [0.25, 0.3) is 33.5 Å². The summed E-state index contributed by atoms with van der Waals surface area (Å²) in [5.41, 5.74) is 7.60. The van der Waals surface area contributed by atoms with Gasteiger partial charge in [-0.1, -0.05) is 66.7 Å². The average Bonchev–Trinajstić information content (AvgIpc) is 2.92. The lowest BCUT2D eigenvalue weighted by Gasteiger charge is -2.15. The molecule has 5 aromatic rings. The second kappa shape index (κ2) is 10.6. The number of amides is 1. The van der Waals surface area contributed by atoms with Gasteiger partial charge in [0.05, 0.1) is 28.0 Å². The van der Waals surface area contributed by atoms with Crippen molar-refractivity contribution in [3.05, 3.63) is 114 Å². The van der Waals surface area contributed by atoms with E-state index in [0.717, 1.165) is 33.6 Å². The second-order valence-electron chi connectivity index (χ2n) is 9.27. The molecule has 6 heteroatoms. The van der Waals surface area contributed by atoms with Crippen LogP contribution in [0.2, 0.25) is 0 Å². The Bertz CT molecular complexity index is 1610. The van der Waals surface area contributed by atoms with E-state index in [1.807, 2.05) is 92.7 Å². The van der Waals surface area contributed by atoms with Crippen molar-refractivity contribution < 1.29 is 14.3 Å². The SMILES string of the molecule is Cc1cc(C)cc(NC(=O)C(C)OC(=O)c2ccc3nc(-c4ccccc4)c(-c4ccccc4)nc3c2)c1. The monoisotopic (exact) mass is 501 g/mol. The molecule has 1 N–H and O–H groups in total. The van der Waals surface area contributed by atoms with Crippen molar-refractivity contribution in [1.82, 2.24) is 9.97 Å². The van der Waals surface area contributed by atoms with Crippen LogP contribution >= 0.6 is 0 Å². The molecule has 1 aromatic heterocycles. The van der Waals surface area contributed by atoms with Crippen LogP contribution in [0.1, 0.15) is 28.4 Å². The lowest BCUT2D eigenvalue weighted by molar-refractivity contribution is -0.123. The maximum absolute atomic E-state index is 13.0. The van der Waals surface area contributed by atoms with Crippen LogP contribution < -0.4 is 5.32 Å². The van der Waals surface area contributed by atoms with E-state index in [4.69, 9.17) is 14.7 Å². The number of aryl methyl sites for hydroxylation is 2. The topological polar surface area (TPSA) is 81.2 Å². The van der Waals surface area contributed by atoms with E-state index in [1.54, 1.807) is 25.1 Å². The summed E-state index contributed by atoms with van der Waals surface area (Å²) >= 11 is 0. The van der Waals surface area contributed by atoms with Crippen molar-refractivity contribution in [1.29, 1.82) is 0 Å². The smallest absolute Gasteiger partial charge is 0.338 e. The van der Waals surface area contributed by atoms with Gasteiger partial charge < -0.3 is 10.1 Å². The van der Waals surface area contributed by atoms with Crippen molar-refractivity contribution in [3.63, 3.8) is 0 Å². The number of aromatic nitrogens is 2. The number of carbonyl (C=O) groups is 2. The van der Waals surface area contributed by atoms with E-state index >= 15 is 0 Å². The molecule has 6 nitrogen and oxygen atoms in total. The highest BCUT2D eigenvalue weighted by Gasteiger charge is 2.20. The molecule has 0 bridgehead atoms. The van der Waals surface area contributed by atoms with Crippen LogP contribution in [0.3, 0.4) is 0 Å².